The molecule has 0 bridgehead atoms. The van der Waals surface area contributed by atoms with Crippen LogP contribution >= 0.6 is 0 Å². The van der Waals surface area contributed by atoms with Gasteiger partial charge in [-0.3, -0.25) is 13.9 Å². The molecule has 0 fully saturated rings. The molecule has 1 heterocycles. The van der Waals surface area contributed by atoms with Crippen molar-refractivity contribution >= 4 is 43.1 Å². The van der Waals surface area contributed by atoms with Crippen LogP contribution in [0, 0.1) is 13.8 Å². The normalized spacial score (nSPS) is 11.9. The fraction of sp³-hybridized carbons (Fsp3) is 0.206. The van der Waals surface area contributed by atoms with E-state index in [4.69, 9.17) is 4.55 Å². The quantitative estimate of drug-likeness (QED) is 0.123. The number of ketones is 1. The van der Waals surface area contributed by atoms with Gasteiger partial charge in [0.05, 0.1) is 20.8 Å². The molecule has 0 atom stereocenters. The Balaban J connectivity index is 0.000000435. The molecule has 0 aliphatic rings. The molecule has 16 heteroatoms. The van der Waals surface area contributed by atoms with E-state index >= 15 is 0 Å². The monoisotopic (exact) mass is 731 g/mol. The van der Waals surface area contributed by atoms with Crippen molar-refractivity contribution in [3.63, 3.8) is 0 Å². The van der Waals surface area contributed by atoms with E-state index in [9.17, 15) is 44.7 Å². The predicted molar refractivity (Wildman–Crippen MR) is 179 cm³/mol. The fourth-order valence-electron chi connectivity index (χ4n) is 4.87. The maximum absolute atomic E-state index is 12.9. The first-order valence-electron chi connectivity index (χ1n) is 14.9. The maximum atomic E-state index is 12.9. The number of halogens is 3. The number of amides is 1. The lowest BCUT2D eigenvalue weighted by Crippen LogP contribution is -2.37. The van der Waals surface area contributed by atoms with Crippen LogP contribution in [-0.4, -0.2) is 64.9 Å². The van der Waals surface area contributed by atoms with E-state index in [1.165, 1.54) is 30.3 Å². The number of sulfonamides is 1. The molecule has 1 aromatic heterocycles. The number of imidazole rings is 1. The summed E-state index contributed by atoms with van der Waals surface area (Å²) >= 11 is 0. The highest BCUT2D eigenvalue weighted by atomic mass is 32.2. The Morgan fingerprint density at radius 3 is 1.84 bits per heavy atom. The minimum atomic E-state index is -4.99. The molecule has 0 saturated carbocycles. The van der Waals surface area contributed by atoms with Crippen molar-refractivity contribution in [1.82, 2.24) is 13.9 Å². The zero-order valence-corrected chi connectivity index (χ0v) is 28.6. The summed E-state index contributed by atoms with van der Waals surface area (Å²) < 4.78 is 96.1. The summed E-state index contributed by atoms with van der Waals surface area (Å²) in [5, 5.41) is 9.58. The SMILES string of the molecule is CCc1nc2cc(C(=O)C(F)(F)F)ccc2n1-c1ccc(CCN(C(=O)O)S(=O)(=O)c2ccc(C)cc2)cc1.Cc1ccc(S(=O)(=O)O)cc1. The maximum Gasteiger partial charge on any atom is 0.454 e. The number of aryl methyl sites for hydroxylation is 3. The standard InChI is InChI=1S/C27H24F3N3O5S.C7H8O3S/c1-3-24-31-22-16-19(25(34)27(28,29)30)8-13-23(22)33(24)20-9-6-18(7-10-20)14-15-32(26(35)36)39(37,38)21-11-4-17(2)5-12-21;1-6-2-4-7(5-3-6)11(8,9)10/h4-13,16H,3,14-15H2,1-2H3,(H,35,36);2-5H,1H3,(H,8,9,10). The lowest BCUT2D eigenvalue weighted by atomic mass is 10.1. The first-order valence-corrected chi connectivity index (χ1v) is 17.8. The van der Waals surface area contributed by atoms with Crippen LogP contribution in [0.15, 0.2) is 101 Å². The van der Waals surface area contributed by atoms with Crippen molar-refractivity contribution in [3.05, 3.63) is 119 Å². The van der Waals surface area contributed by atoms with E-state index in [2.05, 4.69) is 4.98 Å². The van der Waals surface area contributed by atoms with Crippen LogP contribution in [0.1, 0.15) is 39.8 Å². The van der Waals surface area contributed by atoms with Gasteiger partial charge in [-0.1, -0.05) is 54.4 Å². The summed E-state index contributed by atoms with van der Waals surface area (Å²) in [4.78, 5) is 27.6. The average molecular weight is 732 g/mol. The van der Waals surface area contributed by atoms with Crippen LogP contribution in [0.2, 0.25) is 0 Å². The van der Waals surface area contributed by atoms with Crippen molar-refractivity contribution in [2.75, 3.05) is 6.54 Å². The summed E-state index contributed by atoms with van der Waals surface area (Å²) in [6.07, 6.45) is -6.00. The molecule has 5 aromatic rings. The number of carbonyl (C=O) groups excluding carboxylic acids is 1. The second-order valence-corrected chi connectivity index (χ2v) is 14.4. The summed E-state index contributed by atoms with van der Waals surface area (Å²) in [5.41, 5.74) is 3.37. The highest BCUT2D eigenvalue weighted by Crippen LogP contribution is 2.27. The Morgan fingerprint density at radius 2 is 1.36 bits per heavy atom. The molecule has 11 nitrogen and oxygen atoms in total. The second kappa shape index (κ2) is 14.8. The molecule has 5 rings (SSSR count). The zero-order valence-electron chi connectivity index (χ0n) is 26.9. The molecule has 0 aliphatic heterocycles. The van der Waals surface area contributed by atoms with Crippen LogP contribution in [0.5, 0.6) is 0 Å². The summed E-state index contributed by atoms with van der Waals surface area (Å²) in [5.74, 6) is -1.38. The molecule has 0 unspecified atom stereocenters. The van der Waals surface area contributed by atoms with Gasteiger partial charge in [-0.25, -0.2) is 22.5 Å². The lowest BCUT2D eigenvalue weighted by Gasteiger charge is -2.19. The number of hydrogen-bond acceptors (Lipinski definition) is 7. The van der Waals surface area contributed by atoms with E-state index in [1.54, 1.807) is 60.0 Å². The highest BCUT2D eigenvalue weighted by molar-refractivity contribution is 7.89. The lowest BCUT2D eigenvalue weighted by molar-refractivity contribution is -0.0885. The smallest absolute Gasteiger partial charge is 0.454 e. The third kappa shape index (κ3) is 8.74. The Bertz CT molecular complexity index is 2230. The van der Waals surface area contributed by atoms with Crippen LogP contribution < -0.4 is 0 Å². The van der Waals surface area contributed by atoms with E-state index < -0.39 is 43.8 Å². The Labute approximate surface area is 286 Å². The fourth-order valence-corrected chi connectivity index (χ4v) is 6.62. The Morgan fingerprint density at radius 1 is 0.820 bits per heavy atom. The first kappa shape index (κ1) is 37.8. The molecular formula is C34H32F3N3O8S2. The highest BCUT2D eigenvalue weighted by Gasteiger charge is 2.39. The average Bonchev–Trinajstić information content (AvgIpc) is 3.42. The zero-order chi connectivity index (χ0) is 37.0. The van der Waals surface area contributed by atoms with Gasteiger partial charge < -0.3 is 5.11 Å². The molecule has 264 valence electrons. The van der Waals surface area contributed by atoms with Gasteiger partial charge in [-0.05, 0) is 80.4 Å². The number of alkyl halides is 3. The van der Waals surface area contributed by atoms with Crippen LogP contribution in [0.4, 0.5) is 18.0 Å². The van der Waals surface area contributed by atoms with E-state index in [0.717, 1.165) is 23.3 Å². The van der Waals surface area contributed by atoms with Crippen LogP contribution in [0.3, 0.4) is 0 Å². The number of fused-ring (bicyclic) bond motifs is 1. The Kier molecular flexibility index (Phi) is 11.2. The number of Topliss-reactive ketones (excluding diaryl/α,β-unsaturated/α-hetero) is 1. The molecule has 0 radical (unpaired) electrons. The number of aromatic nitrogens is 2. The van der Waals surface area contributed by atoms with Crippen molar-refractivity contribution in [1.29, 1.82) is 0 Å². The predicted octanol–water partition coefficient (Wildman–Crippen LogP) is 6.79. The molecule has 0 saturated heterocycles. The molecule has 1 amide bonds. The number of carboxylic acid groups (broad SMARTS) is 1. The van der Waals surface area contributed by atoms with E-state index in [-0.39, 0.29) is 28.3 Å². The van der Waals surface area contributed by atoms with Gasteiger partial charge in [-0.2, -0.15) is 21.6 Å². The summed E-state index contributed by atoms with van der Waals surface area (Å²) in [6.45, 7) is 5.17. The minimum Gasteiger partial charge on any atom is -0.464 e. The van der Waals surface area contributed by atoms with E-state index in [0.29, 0.717) is 33.3 Å². The van der Waals surface area contributed by atoms with Crippen LogP contribution in [0.25, 0.3) is 16.7 Å². The van der Waals surface area contributed by atoms with Crippen molar-refractivity contribution < 1.29 is 49.3 Å². The molecule has 4 aromatic carbocycles. The molecule has 50 heavy (non-hydrogen) atoms. The molecule has 2 N–H and O–H groups in total. The van der Waals surface area contributed by atoms with Crippen molar-refractivity contribution in [3.8, 4) is 5.69 Å². The number of rotatable bonds is 9. The van der Waals surface area contributed by atoms with Gasteiger partial charge in [0.1, 0.15) is 5.82 Å². The second-order valence-electron chi connectivity index (χ2n) is 11.1. The number of carbonyl (C=O) groups is 2. The van der Waals surface area contributed by atoms with E-state index in [1.807, 2.05) is 13.8 Å². The summed E-state index contributed by atoms with van der Waals surface area (Å²) in [6, 6.07) is 22.4. The van der Waals surface area contributed by atoms with Gasteiger partial charge in [0, 0.05) is 24.2 Å². The number of nitrogens with zero attached hydrogens (tertiary/aromatic N) is 3. The minimum absolute atomic E-state index is 0.0666. The number of hydrogen-bond donors (Lipinski definition) is 2. The summed E-state index contributed by atoms with van der Waals surface area (Å²) in [7, 11) is -8.28. The van der Waals surface area contributed by atoms with Gasteiger partial charge in [0.25, 0.3) is 25.9 Å². The molecule has 0 aliphatic carbocycles. The van der Waals surface area contributed by atoms with Gasteiger partial charge in [-0.15, -0.1) is 0 Å². The molecular weight excluding hydrogens is 700 g/mol. The van der Waals surface area contributed by atoms with Gasteiger partial charge in [0.2, 0.25) is 0 Å². The van der Waals surface area contributed by atoms with Gasteiger partial charge >= 0.3 is 12.3 Å². The largest absolute Gasteiger partial charge is 0.464 e. The first-order chi connectivity index (χ1) is 23.3. The topological polar surface area (TPSA) is 164 Å². The van der Waals surface area contributed by atoms with Crippen LogP contribution in [-0.2, 0) is 33.0 Å². The van der Waals surface area contributed by atoms with Crippen molar-refractivity contribution in [2.45, 2.75) is 49.6 Å². The number of benzene rings is 4. The third-order valence-electron chi connectivity index (χ3n) is 7.50. The van der Waals surface area contributed by atoms with Crippen molar-refractivity contribution in [2.24, 2.45) is 0 Å². The third-order valence-corrected chi connectivity index (χ3v) is 10.2. The Hall–Kier alpha value is -5.06. The van der Waals surface area contributed by atoms with Gasteiger partial charge in [0.15, 0.2) is 0 Å². The molecule has 0 spiro atoms.